The highest BCUT2D eigenvalue weighted by molar-refractivity contribution is 7.91. The number of amides is 1. The van der Waals surface area contributed by atoms with Crippen molar-refractivity contribution in [2.24, 2.45) is 0 Å². The van der Waals surface area contributed by atoms with Gasteiger partial charge < -0.3 is 5.11 Å². The summed E-state index contributed by atoms with van der Waals surface area (Å²) in [5.41, 5.74) is 2.04. The molecule has 1 amide bonds. The van der Waals surface area contributed by atoms with E-state index < -0.39 is 22.0 Å². The molecule has 0 aliphatic carbocycles. The third-order valence-corrected chi connectivity index (χ3v) is 6.30. The van der Waals surface area contributed by atoms with Crippen LogP contribution in [-0.2, 0) is 9.84 Å². The van der Waals surface area contributed by atoms with Gasteiger partial charge in [-0.2, -0.15) is 0 Å². The number of carbonyl (C=O) groups is 1. The Balaban J connectivity index is 2.11. The van der Waals surface area contributed by atoms with Gasteiger partial charge in [-0.25, -0.2) is 13.2 Å². The van der Waals surface area contributed by atoms with E-state index in [4.69, 9.17) is 0 Å². The molecular weight excluding hydrogens is 374 g/mol. The van der Waals surface area contributed by atoms with Crippen LogP contribution in [0.5, 0.6) is 0 Å². The predicted molar refractivity (Wildman–Crippen MR) is 109 cm³/mol. The Morgan fingerprint density at radius 2 is 1.32 bits per heavy atom. The van der Waals surface area contributed by atoms with Crippen LogP contribution in [0.1, 0.15) is 24.1 Å². The Kier molecular flexibility index (Phi) is 5.80. The molecule has 6 heteroatoms. The van der Waals surface area contributed by atoms with Gasteiger partial charge in [0.1, 0.15) is 0 Å². The summed E-state index contributed by atoms with van der Waals surface area (Å²) in [7, 11) is -3.35. The summed E-state index contributed by atoms with van der Waals surface area (Å²) in [6, 6.07) is 24.1. The molecule has 0 radical (unpaired) electrons. The zero-order valence-electron chi connectivity index (χ0n) is 15.4. The summed E-state index contributed by atoms with van der Waals surface area (Å²) in [5, 5.41) is 10.0. The minimum atomic E-state index is -3.35. The molecule has 0 aromatic heterocycles. The molecule has 0 aliphatic rings. The number of rotatable bonds is 6. The van der Waals surface area contributed by atoms with Gasteiger partial charge in [0.15, 0.2) is 9.84 Å². The summed E-state index contributed by atoms with van der Waals surface area (Å²) < 4.78 is 24.1. The summed E-state index contributed by atoms with van der Waals surface area (Å²) in [6.07, 6.45) is -1.12. The number of hydrogen-bond acceptors (Lipinski definition) is 3. The zero-order chi connectivity index (χ0) is 20.1. The summed E-state index contributed by atoms with van der Waals surface area (Å²) in [4.78, 5) is 13.7. The molecule has 0 fully saturated rings. The van der Waals surface area contributed by atoms with Gasteiger partial charge in [0.2, 0.25) is 0 Å². The normalized spacial score (nSPS) is 11.4. The lowest BCUT2D eigenvalue weighted by molar-refractivity contribution is 0.200. The van der Waals surface area contributed by atoms with Gasteiger partial charge in [0, 0.05) is 5.69 Å². The molecule has 0 saturated carbocycles. The first-order chi connectivity index (χ1) is 13.4. The van der Waals surface area contributed by atoms with Crippen LogP contribution >= 0.6 is 0 Å². The van der Waals surface area contributed by atoms with Gasteiger partial charge in [-0.15, -0.1) is 0 Å². The number of anilines is 1. The van der Waals surface area contributed by atoms with Crippen molar-refractivity contribution in [1.82, 2.24) is 0 Å². The largest absolute Gasteiger partial charge is 0.465 e. The minimum absolute atomic E-state index is 0.00829. The molecule has 3 rings (SSSR count). The van der Waals surface area contributed by atoms with E-state index in [1.54, 1.807) is 6.92 Å². The lowest BCUT2D eigenvalue weighted by atomic mass is 9.97. The SMILES string of the molecule is CCS(=O)(=O)c1ccc(N(C(=O)O)C(c2ccccc2)c2ccccc2)cc1. The van der Waals surface area contributed by atoms with Gasteiger partial charge in [-0.05, 0) is 35.4 Å². The van der Waals surface area contributed by atoms with Crippen LogP contribution < -0.4 is 4.90 Å². The Hall–Kier alpha value is -3.12. The Labute approximate surface area is 164 Å². The standard InChI is InChI=1S/C22H21NO4S/c1-2-28(26,27)20-15-13-19(14-16-20)23(22(24)25)21(17-9-5-3-6-10-17)18-11-7-4-8-12-18/h3-16,21H,2H2,1H3,(H,24,25). The first kappa shape index (κ1) is 19.6. The van der Waals surface area contributed by atoms with Crippen LogP contribution in [0.25, 0.3) is 0 Å². The summed E-state index contributed by atoms with van der Waals surface area (Å²) >= 11 is 0. The van der Waals surface area contributed by atoms with Gasteiger partial charge in [0.25, 0.3) is 0 Å². The molecule has 3 aromatic carbocycles. The molecule has 28 heavy (non-hydrogen) atoms. The lowest BCUT2D eigenvalue weighted by Crippen LogP contribution is -2.34. The van der Waals surface area contributed by atoms with Crippen molar-refractivity contribution >= 4 is 21.6 Å². The molecule has 1 N–H and O–H groups in total. The van der Waals surface area contributed by atoms with Gasteiger partial charge >= 0.3 is 6.09 Å². The van der Waals surface area contributed by atoms with E-state index in [0.717, 1.165) is 11.1 Å². The van der Waals surface area contributed by atoms with Crippen LogP contribution in [0.3, 0.4) is 0 Å². The Bertz CT molecular complexity index is 993. The van der Waals surface area contributed by atoms with Crippen molar-refractivity contribution in [3.8, 4) is 0 Å². The van der Waals surface area contributed by atoms with E-state index in [-0.39, 0.29) is 10.6 Å². The molecule has 0 saturated heterocycles. The zero-order valence-corrected chi connectivity index (χ0v) is 16.2. The number of sulfone groups is 1. The third kappa shape index (κ3) is 4.07. The van der Waals surface area contributed by atoms with Crippen LogP contribution in [0.4, 0.5) is 10.5 Å². The maximum Gasteiger partial charge on any atom is 0.412 e. The first-order valence-electron chi connectivity index (χ1n) is 8.89. The van der Waals surface area contributed by atoms with E-state index in [1.165, 1.54) is 29.2 Å². The highest BCUT2D eigenvalue weighted by atomic mass is 32.2. The van der Waals surface area contributed by atoms with E-state index >= 15 is 0 Å². The number of nitrogens with zero attached hydrogens (tertiary/aromatic N) is 1. The monoisotopic (exact) mass is 395 g/mol. The van der Waals surface area contributed by atoms with Crippen LogP contribution in [-0.4, -0.2) is 25.4 Å². The summed E-state index contributed by atoms with van der Waals surface area (Å²) in [6.45, 7) is 1.58. The van der Waals surface area contributed by atoms with Gasteiger partial charge in [-0.1, -0.05) is 67.6 Å². The molecule has 0 atom stereocenters. The molecule has 144 valence electrons. The highest BCUT2D eigenvalue weighted by Crippen LogP contribution is 2.33. The fraction of sp³-hybridized carbons (Fsp3) is 0.136. The van der Waals surface area contributed by atoms with Crippen molar-refractivity contribution in [3.05, 3.63) is 96.1 Å². The maximum atomic E-state index is 12.2. The summed E-state index contributed by atoms with van der Waals surface area (Å²) in [5.74, 6) is -0.00829. The smallest absolute Gasteiger partial charge is 0.412 e. The van der Waals surface area contributed by atoms with E-state index in [0.29, 0.717) is 5.69 Å². The topological polar surface area (TPSA) is 74.7 Å². The van der Waals surface area contributed by atoms with E-state index in [1.807, 2.05) is 60.7 Å². The average molecular weight is 395 g/mol. The van der Waals surface area contributed by atoms with Crippen molar-refractivity contribution in [2.75, 3.05) is 10.7 Å². The number of hydrogen-bond donors (Lipinski definition) is 1. The molecular formula is C22H21NO4S. The maximum absolute atomic E-state index is 12.2. The second kappa shape index (κ2) is 8.27. The lowest BCUT2D eigenvalue weighted by Gasteiger charge is -2.30. The molecule has 0 bridgehead atoms. The highest BCUT2D eigenvalue weighted by Gasteiger charge is 2.28. The molecule has 3 aromatic rings. The van der Waals surface area contributed by atoms with Crippen molar-refractivity contribution in [1.29, 1.82) is 0 Å². The number of benzene rings is 3. The molecule has 0 unspecified atom stereocenters. The fourth-order valence-corrected chi connectivity index (χ4v) is 4.00. The Morgan fingerprint density at radius 3 is 1.71 bits per heavy atom. The average Bonchev–Trinajstić information content (AvgIpc) is 2.73. The fourth-order valence-electron chi connectivity index (χ4n) is 3.11. The number of carboxylic acid groups (broad SMARTS) is 1. The molecule has 0 heterocycles. The van der Waals surface area contributed by atoms with Crippen molar-refractivity contribution in [2.45, 2.75) is 17.9 Å². The van der Waals surface area contributed by atoms with Crippen LogP contribution in [0.15, 0.2) is 89.8 Å². The second-order valence-electron chi connectivity index (χ2n) is 6.27. The quantitative estimate of drug-likeness (QED) is 0.653. The minimum Gasteiger partial charge on any atom is -0.465 e. The predicted octanol–water partition coefficient (Wildman–Crippen LogP) is 4.75. The Morgan fingerprint density at radius 1 is 0.857 bits per heavy atom. The van der Waals surface area contributed by atoms with E-state index in [2.05, 4.69) is 0 Å². The van der Waals surface area contributed by atoms with Crippen molar-refractivity contribution < 1.29 is 18.3 Å². The first-order valence-corrected chi connectivity index (χ1v) is 10.5. The molecule has 0 aliphatic heterocycles. The third-order valence-electron chi connectivity index (χ3n) is 4.55. The molecule has 0 spiro atoms. The van der Waals surface area contributed by atoms with Crippen LogP contribution in [0.2, 0.25) is 0 Å². The second-order valence-corrected chi connectivity index (χ2v) is 8.55. The van der Waals surface area contributed by atoms with E-state index in [9.17, 15) is 18.3 Å². The van der Waals surface area contributed by atoms with Gasteiger partial charge in [-0.3, -0.25) is 4.90 Å². The van der Waals surface area contributed by atoms with Crippen LogP contribution in [0, 0.1) is 0 Å². The molecule has 5 nitrogen and oxygen atoms in total. The van der Waals surface area contributed by atoms with Gasteiger partial charge in [0.05, 0.1) is 16.7 Å². The van der Waals surface area contributed by atoms with Crippen molar-refractivity contribution in [3.63, 3.8) is 0 Å².